The average molecular weight is 439 g/mol. The topological polar surface area (TPSA) is 58.2 Å². The number of para-hydroxylation sites is 1. The van der Waals surface area contributed by atoms with E-state index >= 15 is 0 Å². The molecule has 0 unspecified atom stereocenters. The van der Waals surface area contributed by atoms with E-state index in [2.05, 4.69) is 10.6 Å². The van der Waals surface area contributed by atoms with E-state index in [9.17, 15) is 9.59 Å². The Morgan fingerprint density at radius 3 is 1.94 bits per heavy atom. The van der Waals surface area contributed by atoms with Gasteiger partial charge in [0.05, 0.1) is 5.75 Å². The Morgan fingerprint density at radius 1 is 0.625 bits per heavy atom. The average Bonchev–Trinajstić information content (AvgIpc) is 2.85. The van der Waals surface area contributed by atoms with Crippen LogP contribution < -0.4 is 10.6 Å². The second-order valence-electron chi connectivity index (χ2n) is 7.13. The van der Waals surface area contributed by atoms with Crippen molar-refractivity contribution in [3.63, 3.8) is 0 Å². The minimum atomic E-state index is -0.189. The molecule has 4 rings (SSSR count). The summed E-state index contributed by atoms with van der Waals surface area (Å²) in [4.78, 5) is 25.9. The van der Waals surface area contributed by atoms with Gasteiger partial charge < -0.3 is 10.6 Å². The lowest BCUT2D eigenvalue weighted by molar-refractivity contribution is 0.101. The molecule has 0 aliphatic heterocycles. The molecule has 0 saturated heterocycles. The standard InChI is InChI=1S/C27H22N2O2S/c30-26(20-8-3-1-4-9-20)19-32-25-13-7-10-21(18-25)27(31)29-24-16-14-23(15-17-24)28-22-11-5-2-6-12-22/h1-18,28H,19H2,(H,29,31). The predicted molar refractivity (Wildman–Crippen MR) is 132 cm³/mol. The molecule has 0 heterocycles. The molecule has 5 heteroatoms. The summed E-state index contributed by atoms with van der Waals surface area (Å²) >= 11 is 1.43. The van der Waals surface area contributed by atoms with Gasteiger partial charge in [-0.05, 0) is 54.6 Å². The number of ketones is 1. The smallest absolute Gasteiger partial charge is 0.255 e. The van der Waals surface area contributed by atoms with Gasteiger partial charge in [0, 0.05) is 33.1 Å². The first-order valence-electron chi connectivity index (χ1n) is 10.2. The van der Waals surface area contributed by atoms with Crippen LogP contribution in [-0.2, 0) is 0 Å². The first-order valence-corrected chi connectivity index (χ1v) is 11.2. The van der Waals surface area contributed by atoms with E-state index in [1.165, 1.54) is 11.8 Å². The van der Waals surface area contributed by atoms with E-state index in [1.807, 2.05) is 103 Å². The fourth-order valence-corrected chi connectivity index (χ4v) is 3.96. The van der Waals surface area contributed by atoms with Crippen LogP contribution in [0, 0.1) is 0 Å². The summed E-state index contributed by atoms with van der Waals surface area (Å²) in [6, 6.07) is 34.0. The van der Waals surface area contributed by atoms with Crippen molar-refractivity contribution in [3.05, 3.63) is 120 Å². The molecule has 0 aliphatic rings. The van der Waals surface area contributed by atoms with Crippen molar-refractivity contribution in [2.24, 2.45) is 0 Å². The number of anilines is 3. The predicted octanol–water partition coefficient (Wildman–Crippen LogP) is 6.66. The molecule has 0 fully saturated rings. The molecule has 4 aromatic rings. The molecule has 0 spiro atoms. The van der Waals surface area contributed by atoms with E-state index in [-0.39, 0.29) is 11.7 Å². The molecule has 0 aliphatic carbocycles. The molecule has 32 heavy (non-hydrogen) atoms. The van der Waals surface area contributed by atoms with Crippen LogP contribution in [0.4, 0.5) is 17.1 Å². The zero-order valence-electron chi connectivity index (χ0n) is 17.3. The summed E-state index contributed by atoms with van der Waals surface area (Å²) in [6.45, 7) is 0. The van der Waals surface area contributed by atoms with Crippen LogP contribution in [0.1, 0.15) is 20.7 Å². The summed E-state index contributed by atoms with van der Waals surface area (Å²) in [6.07, 6.45) is 0. The van der Waals surface area contributed by atoms with Crippen LogP contribution in [0.5, 0.6) is 0 Å². The molecule has 1 amide bonds. The third kappa shape index (κ3) is 5.86. The van der Waals surface area contributed by atoms with Gasteiger partial charge in [0.15, 0.2) is 5.78 Å². The normalized spacial score (nSPS) is 10.4. The zero-order chi connectivity index (χ0) is 22.2. The van der Waals surface area contributed by atoms with E-state index < -0.39 is 0 Å². The Morgan fingerprint density at radius 2 is 1.22 bits per heavy atom. The number of carbonyl (C=O) groups is 2. The number of benzene rings is 4. The molecule has 4 aromatic carbocycles. The number of carbonyl (C=O) groups excluding carboxylic acids is 2. The second kappa shape index (κ2) is 10.5. The lowest BCUT2D eigenvalue weighted by atomic mass is 10.2. The Kier molecular flexibility index (Phi) is 7.00. The highest BCUT2D eigenvalue weighted by molar-refractivity contribution is 8.00. The van der Waals surface area contributed by atoms with Gasteiger partial charge >= 0.3 is 0 Å². The molecular formula is C27H22N2O2S. The summed E-state index contributed by atoms with van der Waals surface area (Å²) in [5, 5.41) is 6.24. The largest absolute Gasteiger partial charge is 0.356 e. The molecular weight excluding hydrogens is 416 g/mol. The highest BCUT2D eigenvalue weighted by Gasteiger charge is 2.10. The van der Waals surface area contributed by atoms with Crippen molar-refractivity contribution in [2.45, 2.75) is 4.90 Å². The maximum Gasteiger partial charge on any atom is 0.255 e. The minimum absolute atomic E-state index is 0.0645. The van der Waals surface area contributed by atoms with Crippen molar-refractivity contribution in [3.8, 4) is 0 Å². The molecule has 0 bridgehead atoms. The van der Waals surface area contributed by atoms with Gasteiger partial charge in [0.1, 0.15) is 0 Å². The Labute approximate surface area is 191 Å². The minimum Gasteiger partial charge on any atom is -0.356 e. The highest BCUT2D eigenvalue weighted by Crippen LogP contribution is 2.22. The maximum absolute atomic E-state index is 12.7. The van der Waals surface area contributed by atoms with Gasteiger partial charge in [0.2, 0.25) is 0 Å². The van der Waals surface area contributed by atoms with Crippen LogP contribution in [0.3, 0.4) is 0 Å². The number of Topliss-reactive ketones (excluding diaryl/α,β-unsaturated/α-hetero) is 1. The van der Waals surface area contributed by atoms with Crippen molar-refractivity contribution >= 4 is 40.5 Å². The number of rotatable bonds is 8. The first-order chi connectivity index (χ1) is 15.7. The summed E-state index contributed by atoms with van der Waals surface area (Å²) < 4.78 is 0. The molecule has 0 radical (unpaired) electrons. The highest BCUT2D eigenvalue weighted by atomic mass is 32.2. The van der Waals surface area contributed by atoms with Crippen LogP contribution in [-0.4, -0.2) is 17.4 Å². The van der Waals surface area contributed by atoms with Crippen LogP contribution >= 0.6 is 11.8 Å². The Hall–Kier alpha value is -3.83. The summed E-state index contributed by atoms with van der Waals surface area (Å²) in [7, 11) is 0. The fraction of sp³-hybridized carbons (Fsp3) is 0.0370. The van der Waals surface area contributed by atoms with Crippen molar-refractivity contribution in [2.75, 3.05) is 16.4 Å². The SMILES string of the molecule is O=C(CSc1cccc(C(=O)Nc2ccc(Nc3ccccc3)cc2)c1)c1ccccc1. The number of amides is 1. The van der Waals surface area contributed by atoms with Gasteiger partial charge in [0.25, 0.3) is 5.91 Å². The van der Waals surface area contributed by atoms with Gasteiger partial charge in [-0.1, -0.05) is 54.6 Å². The Balaban J connectivity index is 1.35. The van der Waals surface area contributed by atoms with E-state index in [0.717, 1.165) is 16.3 Å². The van der Waals surface area contributed by atoms with Crippen molar-refractivity contribution < 1.29 is 9.59 Å². The lowest BCUT2D eigenvalue weighted by Crippen LogP contribution is -2.11. The van der Waals surface area contributed by atoms with Gasteiger partial charge in [-0.2, -0.15) is 0 Å². The monoisotopic (exact) mass is 438 g/mol. The summed E-state index contributed by atoms with van der Waals surface area (Å²) in [5.41, 5.74) is 3.90. The molecule has 0 saturated carbocycles. The molecule has 2 N–H and O–H groups in total. The molecule has 0 aromatic heterocycles. The van der Waals surface area contributed by atoms with Crippen LogP contribution in [0.2, 0.25) is 0 Å². The summed E-state index contributed by atoms with van der Waals surface area (Å²) in [5.74, 6) is 0.200. The van der Waals surface area contributed by atoms with E-state index in [1.54, 1.807) is 6.07 Å². The molecule has 4 nitrogen and oxygen atoms in total. The van der Waals surface area contributed by atoms with Crippen LogP contribution in [0.25, 0.3) is 0 Å². The van der Waals surface area contributed by atoms with Crippen molar-refractivity contribution in [1.82, 2.24) is 0 Å². The quantitative estimate of drug-likeness (QED) is 0.239. The number of thioether (sulfide) groups is 1. The van der Waals surface area contributed by atoms with Crippen molar-refractivity contribution in [1.29, 1.82) is 0 Å². The van der Waals surface area contributed by atoms with Gasteiger partial charge in [-0.15, -0.1) is 11.8 Å². The number of hydrogen-bond acceptors (Lipinski definition) is 4. The van der Waals surface area contributed by atoms with Gasteiger partial charge in [-0.25, -0.2) is 0 Å². The second-order valence-corrected chi connectivity index (χ2v) is 8.18. The van der Waals surface area contributed by atoms with E-state index in [0.29, 0.717) is 22.6 Å². The fourth-order valence-electron chi connectivity index (χ4n) is 3.11. The number of nitrogens with one attached hydrogen (secondary N) is 2. The number of hydrogen-bond donors (Lipinski definition) is 2. The van der Waals surface area contributed by atoms with Gasteiger partial charge in [-0.3, -0.25) is 9.59 Å². The maximum atomic E-state index is 12.7. The van der Waals surface area contributed by atoms with E-state index in [4.69, 9.17) is 0 Å². The Bertz CT molecular complexity index is 1190. The first kappa shape index (κ1) is 21.4. The third-order valence-corrected chi connectivity index (χ3v) is 5.76. The third-order valence-electron chi connectivity index (χ3n) is 4.77. The zero-order valence-corrected chi connectivity index (χ0v) is 18.1. The lowest BCUT2D eigenvalue weighted by Gasteiger charge is -2.09. The molecule has 158 valence electrons. The molecule has 0 atom stereocenters. The van der Waals surface area contributed by atoms with Crippen LogP contribution in [0.15, 0.2) is 114 Å².